The molecule has 6 rings (SSSR count). The van der Waals surface area contributed by atoms with Gasteiger partial charge in [-0.1, -0.05) is 18.2 Å². The van der Waals surface area contributed by atoms with Gasteiger partial charge in [-0.05, 0) is 48.3 Å². The fourth-order valence-electron chi connectivity index (χ4n) is 5.52. The predicted molar refractivity (Wildman–Crippen MR) is 133 cm³/mol. The molecule has 0 spiro atoms. The van der Waals surface area contributed by atoms with E-state index in [0.29, 0.717) is 18.4 Å². The number of nitrogens with one attached hydrogen (secondary N) is 1. The van der Waals surface area contributed by atoms with Gasteiger partial charge in [-0.3, -0.25) is 19.1 Å². The molecule has 1 amide bonds. The Labute approximate surface area is 220 Å². The SMILES string of the molecule is COC(=O)C1CC[C@H]2Nn3c(-c4cc(F)c(F)c5c4Cc4ccccc4SC5)cc(=O)c([O-])c3C(=O)N2C1. The van der Waals surface area contributed by atoms with Crippen molar-refractivity contribution in [2.45, 2.75) is 36.1 Å². The van der Waals surface area contributed by atoms with E-state index in [1.165, 1.54) is 28.4 Å². The molecule has 2 atom stereocenters. The number of methoxy groups -OCH3 is 1. The first kappa shape index (κ1) is 24.5. The van der Waals surface area contributed by atoms with Crippen molar-refractivity contribution in [3.63, 3.8) is 0 Å². The zero-order chi connectivity index (χ0) is 26.7. The molecular weight excluding hydrogens is 516 g/mol. The van der Waals surface area contributed by atoms with E-state index in [1.807, 2.05) is 24.3 Å². The third-order valence-electron chi connectivity index (χ3n) is 7.45. The number of hydrogen-bond donors (Lipinski definition) is 1. The van der Waals surface area contributed by atoms with Gasteiger partial charge in [0.15, 0.2) is 17.1 Å². The first-order valence-electron chi connectivity index (χ1n) is 12.1. The lowest BCUT2D eigenvalue weighted by Crippen LogP contribution is -2.59. The lowest BCUT2D eigenvalue weighted by atomic mass is 9.92. The molecule has 1 fully saturated rings. The molecule has 11 heteroatoms. The standard InChI is InChI=1S/C27H23F2N3O5S/c1-37-27(36)14-6-7-22-30-32-19(10-20(33)25(34)24(32)26(35)31(22)11-14)16-9-18(28)23(29)17-12-38-21-5-3-2-4-13(21)8-15(16)17/h2-5,9-10,14,22,30,34H,6-8,11-12H2,1H3/p-1/t14?,22-/m0/s1. The maximum absolute atomic E-state index is 15.1. The minimum Gasteiger partial charge on any atom is -0.868 e. The normalized spacial score (nSPS) is 19.9. The second-order valence-corrected chi connectivity index (χ2v) is 10.6. The molecule has 196 valence electrons. The highest BCUT2D eigenvalue weighted by Gasteiger charge is 2.41. The number of carbonyl (C=O) groups excluding carboxylic acids is 2. The number of benzene rings is 2. The van der Waals surface area contributed by atoms with Crippen LogP contribution in [0.1, 0.15) is 40.0 Å². The van der Waals surface area contributed by atoms with Crippen molar-refractivity contribution in [3.05, 3.63) is 80.6 Å². The Morgan fingerprint density at radius 1 is 1.16 bits per heavy atom. The Morgan fingerprint density at radius 2 is 1.95 bits per heavy atom. The lowest BCUT2D eigenvalue weighted by molar-refractivity contribution is -0.271. The molecule has 2 aromatic carbocycles. The van der Waals surface area contributed by atoms with Crippen LogP contribution in [0.15, 0.2) is 46.1 Å². The molecule has 1 aromatic heterocycles. The van der Waals surface area contributed by atoms with Crippen molar-refractivity contribution in [2.75, 3.05) is 19.1 Å². The van der Waals surface area contributed by atoms with E-state index in [-0.39, 0.29) is 35.5 Å². The van der Waals surface area contributed by atoms with Gasteiger partial charge in [0.2, 0.25) is 0 Å². The van der Waals surface area contributed by atoms with Crippen LogP contribution >= 0.6 is 11.8 Å². The predicted octanol–water partition coefficient (Wildman–Crippen LogP) is 2.97. The number of piperidine rings is 1. The second-order valence-electron chi connectivity index (χ2n) is 9.56. The summed E-state index contributed by atoms with van der Waals surface area (Å²) in [5, 5.41) is 12.9. The van der Waals surface area contributed by atoms with Crippen LogP contribution in [0.25, 0.3) is 11.3 Å². The third kappa shape index (κ3) is 3.75. The van der Waals surface area contributed by atoms with Crippen molar-refractivity contribution in [1.29, 1.82) is 0 Å². The summed E-state index contributed by atoms with van der Waals surface area (Å²) < 4.78 is 36.1. The Balaban J connectivity index is 1.53. The van der Waals surface area contributed by atoms with Crippen LogP contribution < -0.4 is 16.0 Å². The molecule has 3 aromatic rings. The van der Waals surface area contributed by atoms with Gasteiger partial charge < -0.3 is 20.2 Å². The number of aromatic nitrogens is 1. The van der Waals surface area contributed by atoms with Crippen LogP contribution in [0.4, 0.5) is 8.78 Å². The van der Waals surface area contributed by atoms with Crippen LogP contribution in [0, 0.1) is 17.6 Å². The van der Waals surface area contributed by atoms with Gasteiger partial charge in [-0.15, -0.1) is 11.8 Å². The number of esters is 1. The van der Waals surface area contributed by atoms with Gasteiger partial charge in [0.25, 0.3) is 5.91 Å². The van der Waals surface area contributed by atoms with Crippen LogP contribution in [-0.4, -0.2) is 41.3 Å². The molecule has 3 aliphatic rings. The maximum atomic E-state index is 15.1. The summed E-state index contributed by atoms with van der Waals surface area (Å²) in [4.78, 5) is 40.7. The second kappa shape index (κ2) is 9.16. The van der Waals surface area contributed by atoms with E-state index < -0.39 is 52.5 Å². The Kier molecular flexibility index (Phi) is 5.90. The first-order chi connectivity index (χ1) is 18.3. The van der Waals surface area contributed by atoms with Crippen LogP contribution in [-0.2, 0) is 21.7 Å². The van der Waals surface area contributed by atoms with E-state index in [0.717, 1.165) is 22.6 Å². The van der Waals surface area contributed by atoms with E-state index in [4.69, 9.17) is 4.74 Å². The number of thioether (sulfide) groups is 1. The van der Waals surface area contributed by atoms with Gasteiger partial charge >= 0.3 is 5.97 Å². The van der Waals surface area contributed by atoms with Crippen LogP contribution in [0.3, 0.4) is 0 Å². The van der Waals surface area contributed by atoms with Gasteiger partial charge in [0.1, 0.15) is 11.9 Å². The largest absolute Gasteiger partial charge is 0.868 e. The van der Waals surface area contributed by atoms with E-state index in [9.17, 15) is 23.9 Å². The molecule has 1 N–H and O–H groups in total. The summed E-state index contributed by atoms with van der Waals surface area (Å²) in [6.45, 7) is 0.0234. The smallest absolute Gasteiger partial charge is 0.310 e. The average molecular weight is 539 g/mol. The molecule has 1 saturated heterocycles. The number of nitrogens with zero attached hydrogens (tertiary/aromatic N) is 2. The number of halogens is 2. The maximum Gasteiger partial charge on any atom is 0.310 e. The molecule has 0 saturated carbocycles. The molecule has 38 heavy (non-hydrogen) atoms. The minimum absolute atomic E-state index is 0.0234. The zero-order valence-corrected chi connectivity index (χ0v) is 21.1. The summed E-state index contributed by atoms with van der Waals surface area (Å²) in [5.41, 5.74) is 3.67. The van der Waals surface area contributed by atoms with Crippen molar-refractivity contribution in [1.82, 2.24) is 9.58 Å². The molecule has 0 aliphatic carbocycles. The number of ether oxygens (including phenoxy) is 1. The van der Waals surface area contributed by atoms with Crippen molar-refractivity contribution in [3.8, 4) is 17.0 Å². The van der Waals surface area contributed by atoms with Crippen LogP contribution in [0.2, 0.25) is 0 Å². The minimum atomic E-state index is -1.08. The quantitative estimate of drug-likeness (QED) is 0.501. The highest BCUT2D eigenvalue weighted by molar-refractivity contribution is 7.98. The number of fused-ring (bicyclic) bond motifs is 4. The molecule has 0 bridgehead atoms. The fourth-order valence-corrected chi connectivity index (χ4v) is 6.62. The number of hydrogen-bond acceptors (Lipinski definition) is 7. The first-order valence-corrected chi connectivity index (χ1v) is 13.1. The Morgan fingerprint density at radius 3 is 2.74 bits per heavy atom. The van der Waals surface area contributed by atoms with Crippen molar-refractivity contribution in [2.24, 2.45) is 5.92 Å². The molecule has 1 unspecified atom stereocenters. The number of rotatable bonds is 2. The number of carbonyl (C=O) groups is 2. The van der Waals surface area contributed by atoms with Gasteiger partial charge in [0.05, 0.1) is 18.7 Å². The Hall–Kier alpha value is -3.86. The van der Waals surface area contributed by atoms with Crippen molar-refractivity contribution < 1.29 is 28.2 Å². The summed E-state index contributed by atoms with van der Waals surface area (Å²) in [5.74, 6) is -4.60. The molecular formula is C27H22F2N3O5S-. The van der Waals surface area contributed by atoms with E-state index >= 15 is 4.39 Å². The van der Waals surface area contributed by atoms with Gasteiger partial charge in [0, 0.05) is 34.4 Å². The summed E-state index contributed by atoms with van der Waals surface area (Å²) in [7, 11) is 1.27. The number of pyridine rings is 1. The summed E-state index contributed by atoms with van der Waals surface area (Å²) in [6, 6.07) is 9.65. The molecule has 3 aliphatic heterocycles. The Bertz CT molecular complexity index is 1570. The molecule has 8 nitrogen and oxygen atoms in total. The van der Waals surface area contributed by atoms with Crippen molar-refractivity contribution >= 4 is 23.6 Å². The third-order valence-corrected chi connectivity index (χ3v) is 8.59. The topological polar surface area (TPSA) is 104 Å². The van der Waals surface area contributed by atoms with E-state index in [1.54, 1.807) is 0 Å². The fraction of sp³-hybridized carbons (Fsp3) is 0.296. The average Bonchev–Trinajstić information content (AvgIpc) is 3.12. The van der Waals surface area contributed by atoms with E-state index in [2.05, 4.69) is 5.43 Å². The highest BCUT2D eigenvalue weighted by Crippen LogP contribution is 2.41. The highest BCUT2D eigenvalue weighted by atomic mass is 32.2. The summed E-state index contributed by atoms with van der Waals surface area (Å²) >= 11 is 1.39. The van der Waals surface area contributed by atoms with Gasteiger partial charge in [-0.25, -0.2) is 8.78 Å². The molecule has 4 heterocycles. The van der Waals surface area contributed by atoms with Gasteiger partial charge in [-0.2, -0.15) is 0 Å². The zero-order valence-electron chi connectivity index (χ0n) is 20.3. The summed E-state index contributed by atoms with van der Waals surface area (Å²) in [6.07, 6.45) is 0.525. The lowest BCUT2D eigenvalue weighted by Gasteiger charge is -2.45. The number of amides is 1. The monoisotopic (exact) mass is 538 g/mol. The van der Waals surface area contributed by atoms with Crippen LogP contribution in [0.5, 0.6) is 5.75 Å². The molecule has 0 radical (unpaired) electrons.